The SMILES string of the molecule is CC(C)NC(=S)NC(=O)CC12CC3CC(CC(C3)C1)C2. The molecular formula is C16H26N2OS. The van der Waals surface area contributed by atoms with Gasteiger partial charge in [-0.2, -0.15) is 0 Å². The fraction of sp³-hybridized carbons (Fsp3) is 0.875. The second kappa shape index (κ2) is 5.28. The van der Waals surface area contributed by atoms with E-state index in [2.05, 4.69) is 10.6 Å². The third-order valence-electron chi connectivity index (χ3n) is 5.37. The average molecular weight is 294 g/mol. The van der Waals surface area contributed by atoms with E-state index in [-0.39, 0.29) is 11.9 Å². The predicted molar refractivity (Wildman–Crippen MR) is 84.2 cm³/mol. The molecule has 4 bridgehead atoms. The van der Waals surface area contributed by atoms with Crippen molar-refractivity contribution in [3.8, 4) is 0 Å². The molecule has 4 aliphatic carbocycles. The molecule has 0 aromatic heterocycles. The van der Waals surface area contributed by atoms with Crippen molar-refractivity contribution in [2.45, 2.75) is 64.8 Å². The zero-order valence-corrected chi connectivity index (χ0v) is 13.4. The third-order valence-corrected chi connectivity index (χ3v) is 5.59. The van der Waals surface area contributed by atoms with Crippen LogP contribution in [-0.4, -0.2) is 17.1 Å². The van der Waals surface area contributed by atoms with Crippen LogP contribution in [0.4, 0.5) is 0 Å². The largest absolute Gasteiger partial charge is 0.360 e. The summed E-state index contributed by atoms with van der Waals surface area (Å²) in [6, 6.07) is 0.266. The first kappa shape index (κ1) is 14.3. The quantitative estimate of drug-likeness (QED) is 0.786. The highest BCUT2D eigenvalue weighted by atomic mass is 32.1. The molecule has 0 unspecified atom stereocenters. The lowest BCUT2D eigenvalue weighted by molar-refractivity contribution is -0.128. The van der Waals surface area contributed by atoms with E-state index in [1.165, 1.54) is 38.5 Å². The van der Waals surface area contributed by atoms with Crippen molar-refractivity contribution in [3.63, 3.8) is 0 Å². The van der Waals surface area contributed by atoms with Gasteiger partial charge in [-0.3, -0.25) is 4.79 Å². The van der Waals surface area contributed by atoms with E-state index < -0.39 is 0 Å². The lowest BCUT2D eigenvalue weighted by Crippen LogP contribution is -2.49. The molecule has 4 fully saturated rings. The number of carbonyl (C=O) groups is 1. The lowest BCUT2D eigenvalue weighted by atomic mass is 9.49. The van der Waals surface area contributed by atoms with E-state index in [0.29, 0.717) is 16.9 Å². The molecule has 3 nitrogen and oxygen atoms in total. The maximum Gasteiger partial charge on any atom is 0.226 e. The zero-order chi connectivity index (χ0) is 14.3. The highest BCUT2D eigenvalue weighted by Crippen LogP contribution is 2.61. The molecule has 4 saturated carbocycles. The Labute approximate surface area is 127 Å². The molecule has 0 heterocycles. The van der Waals surface area contributed by atoms with E-state index in [9.17, 15) is 4.79 Å². The highest BCUT2D eigenvalue weighted by molar-refractivity contribution is 7.80. The summed E-state index contributed by atoms with van der Waals surface area (Å²) in [5.74, 6) is 2.81. The van der Waals surface area contributed by atoms with Gasteiger partial charge in [-0.15, -0.1) is 0 Å². The molecule has 2 N–H and O–H groups in total. The van der Waals surface area contributed by atoms with Crippen molar-refractivity contribution in [2.24, 2.45) is 23.2 Å². The predicted octanol–water partition coefficient (Wildman–Crippen LogP) is 2.99. The van der Waals surface area contributed by atoms with Crippen LogP contribution in [-0.2, 0) is 4.79 Å². The molecule has 4 rings (SSSR count). The molecule has 4 aliphatic rings. The number of amides is 1. The molecule has 0 radical (unpaired) electrons. The zero-order valence-electron chi connectivity index (χ0n) is 12.6. The van der Waals surface area contributed by atoms with E-state index in [1.54, 1.807) is 0 Å². The fourth-order valence-corrected chi connectivity index (χ4v) is 5.67. The van der Waals surface area contributed by atoms with Crippen LogP contribution in [0.1, 0.15) is 58.8 Å². The van der Waals surface area contributed by atoms with Crippen molar-refractivity contribution in [1.82, 2.24) is 10.6 Å². The molecule has 0 aromatic carbocycles. The minimum atomic E-state index is 0.116. The van der Waals surface area contributed by atoms with Gasteiger partial charge in [-0.1, -0.05) is 0 Å². The normalized spacial score (nSPS) is 38.0. The van der Waals surface area contributed by atoms with Gasteiger partial charge in [0.25, 0.3) is 0 Å². The summed E-state index contributed by atoms with van der Waals surface area (Å²) in [5, 5.41) is 6.43. The Bertz CT molecular complexity index is 383. The van der Waals surface area contributed by atoms with Crippen molar-refractivity contribution >= 4 is 23.2 Å². The summed E-state index contributed by atoms with van der Waals surface area (Å²) >= 11 is 5.17. The average Bonchev–Trinajstić information content (AvgIpc) is 2.23. The number of carbonyl (C=O) groups excluding carboxylic acids is 1. The van der Waals surface area contributed by atoms with Gasteiger partial charge in [0, 0.05) is 12.5 Å². The fourth-order valence-electron chi connectivity index (χ4n) is 5.32. The van der Waals surface area contributed by atoms with E-state index >= 15 is 0 Å². The van der Waals surface area contributed by atoms with E-state index in [0.717, 1.165) is 17.8 Å². The minimum Gasteiger partial charge on any atom is -0.360 e. The smallest absolute Gasteiger partial charge is 0.226 e. The molecule has 0 aromatic rings. The lowest BCUT2D eigenvalue weighted by Gasteiger charge is -2.56. The van der Waals surface area contributed by atoms with Gasteiger partial charge in [-0.05, 0) is 87.8 Å². The molecule has 0 aliphatic heterocycles. The third kappa shape index (κ3) is 3.00. The van der Waals surface area contributed by atoms with Crippen LogP contribution in [0.5, 0.6) is 0 Å². The van der Waals surface area contributed by atoms with Gasteiger partial charge < -0.3 is 10.6 Å². The maximum absolute atomic E-state index is 12.3. The molecule has 0 spiro atoms. The second-order valence-corrected chi connectivity index (χ2v) is 8.18. The minimum absolute atomic E-state index is 0.116. The summed E-state index contributed by atoms with van der Waals surface area (Å²) in [7, 11) is 0. The van der Waals surface area contributed by atoms with Crippen molar-refractivity contribution in [3.05, 3.63) is 0 Å². The molecule has 112 valence electrons. The van der Waals surface area contributed by atoms with Gasteiger partial charge in [0.15, 0.2) is 5.11 Å². The molecular weight excluding hydrogens is 268 g/mol. The standard InChI is InChI=1S/C16H26N2OS/c1-10(2)17-15(20)18-14(19)9-16-6-11-3-12(7-16)5-13(4-11)8-16/h10-13H,3-9H2,1-2H3,(H2,17,18,19,20). The highest BCUT2D eigenvalue weighted by Gasteiger charge is 2.51. The van der Waals surface area contributed by atoms with Crippen molar-refractivity contribution < 1.29 is 4.79 Å². The van der Waals surface area contributed by atoms with E-state index in [4.69, 9.17) is 12.2 Å². The molecule has 20 heavy (non-hydrogen) atoms. The summed E-state index contributed by atoms with van der Waals surface area (Å²) in [6.45, 7) is 4.05. The first-order chi connectivity index (χ1) is 9.44. The summed E-state index contributed by atoms with van der Waals surface area (Å²) in [5.41, 5.74) is 0.298. The Balaban J connectivity index is 1.57. The number of rotatable bonds is 3. The Morgan fingerprint density at radius 3 is 2.10 bits per heavy atom. The van der Waals surface area contributed by atoms with Crippen molar-refractivity contribution in [1.29, 1.82) is 0 Å². The Morgan fingerprint density at radius 2 is 1.65 bits per heavy atom. The van der Waals surface area contributed by atoms with E-state index in [1.807, 2.05) is 13.8 Å². The van der Waals surface area contributed by atoms with Crippen LogP contribution in [0.2, 0.25) is 0 Å². The van der Waals surface area contributed by atoms with Crippen LogP contribution < -0.4 is 10.6 Å². The van der Waals surface area contributed by atoms with Gasteiger partial charge >= 0.3 is 0 Å². The molecule has 4 heteroatoms. The molecule has 1 amide bonds. The summed E-state index contributed by atoms with van der Waals surface area (Å²) in [4.78, 5) is 12.3. The van der Waals surface area contributed by atoms with Gasteiger partial charge in [0.2, 0.25) is 5.91 Å². The van der Waals surface area contributed by atoms with Crippen LogP contribution in [0.3, 0.4) is 0 Å². The first-order valence-corrected chi connectivity index (χ1v) is 8.45. The Kier molecular flexibility index (Phi) is 3.78. The Morgan fingerprint density at radius 1 is 1.15 bits per heavy atom. The van der Waals surface area contributed by atoms with Crippen LogP contribution >= 0.6 is 12.2 Å². The number of hydrogen-bond acceptors (Lipinski definition) is 2. The van der Waals surface area contributed by atoms with Gasteiger partial charge in [-0.25, -0.2) is 0 Å². The second-order valence-electron chi connectivity index (χ2n) is 7.77. The monoisotopic (exact) mass is 294 g/mol. The maximum atomic E-state index is 12.3. The van der Waals surface area contributed by atoms with Crippen LogP contribution in [0.25, 0.3) is 0 Å². The number of nitrogens with one attached hydrogen (secondary N) is 2. The molecule has 0 atom stereocenters. The van der Waals surface area contributed by atoms with Crippen LogP contribution in [0.15, 0.2) is 0 Å². The topological polar surface area (TPSA) is 41.1 Å². The first-order valence-electron chi connectivity index (χ1n) is 8.04. The summed E-state index contributed by atoms with van der Waals surface area (Å²) < 4.78 is 0. The Hall–Kier alpha value is -0.640. The number of hydrogen-bond donors (Lipinski definition) is 2. The molecule has 0 saturated heterocycles. The van der Waals surface area contributed by atoms with Crippen LogP contribution in [0, 0.1) is 23.2 Å². The van der Waals surface area contributed by atoms with Gasteiger partial charge in [0.05, 0.1) is 0 Å². The van der Waals surface area contributed by atoms with Gasteiger partial charge in [0.1, 0.15) is 0 Å². The summed E-state index contributed by atoms with van der Waals surface area (Å²) in [6.07, 6.45) is 8.78. The van der Waals surface area contributed by atoms with Crippen molar-refractivity contribution in [2.75, 3.05) is 0 Å². The number of thiocarbonyl (C=S) groups is 1.